The van der Waals surface area contributed by atoms with Gasteiger partial charge in [0.1, 0.15) is 17.3 Å². The summed E-state index contributed by atoms with van der Waals surface area (Å²) in [6.07, 6.45) is 0.0778. The Morgan fingerprint density at radius 3 is 2.08 bits per heavy atom. The summed E-state index contributed by atoms with van der Waals surface area (Å²) >= 11 is 0. The molecule has 8 heteroatoms. The van der Waals surface area contributed by atoms with E-state index < -0.39 is 17.7 Å². The first-order chi connectivity index (χ1) is 18.7. The van der Waals surface area contributed by atoms with E-state index in [2.05, 4.69) is 0 Å². The molecule has 4 rings (SSSR count). The highest BCUT2D eigenvalue weighted by atomic mass is 16.5. The number of amides is 1. The highest BCUT2D eigenvalue weighted by molar-refractivity contribution is 6.51. The van der Waals surface area contributed by atoms with Crippen molar-refractivity contribution in [3.8, 4) is 11.5 Å². The van der Waals surface area contributed by atoms with Crippen LogP contribution < -0.4 is 14.4 Å². The van der Waals surface area contributed by atoms with Gasteiger partial charge in [-0.1, -0.05) is 38.1 Å². The lowest BCUT2D eigenvalue weighted by Crippen LogP contribution is -2.29. The van der Waals surface area contributed by atoms with E-state index in [-0.39, 0.29) is 23.7 Å². The van der Waals surface area contributed by atoms with Crippen LogP contribution in [0.15, 0.2) is 78.4 Å². The van der Waals surface area contributed by atoms with E-state index >= 15 is 0 Å². The Balaban J connectivity index is 1.77. The number of rotatable bonds is 9. The van der Waals surface area contributed by atoms with Crippen molar-refractivity contribution in [3.63, 3.8) is 0 Å². The molecule has 1 aliphatic rings. The SMILES string of the molecule is COC(=O)Cc1ccc(N2C(=O)C(=O)/C(=C(/O)c3ccc(OCC(C)C)cc3)C2c2ccc(OC)cc2)cc1. The van der Waals surface area contributed by atoms with Gasteiger partial charge in [-0.15, -0.1) is 0 Å². The second kappa shape index (κ2) is 11.9. The molecule has 1 unspecified atom stereocenters. The van der Waals surface area contributed by atoms with Crippen molar-refractivity contribution < 1.29 is 33.7 Å². The average molecular weight is 530 g/mol. The molecule has 0 saturated carbocycles. The maximum atomic E-state index is 13.4. The summed E-state index contributed by atoms with van der Waals surface area (Å²) in [5.41, 5.74) is 2.12. The third kappa shape index (κ3) is 5.95. The minimum Gasteiger partial charge on any atom is -0.507 e. The molecule has 0 aliphatic carbocycles. The average Bonchev–Trinajstić information content (AvgIpc) is 3.22. The van der Waals surface area contributed by atoms with Crippen molar-refractivity contribution in [1.82, 2.24) is 0 Å². The number of Topliss-reactive ketones (excluding diaryl/α,β-unsaturated/α-hetero) is 1. The van der Waals surface area contributed by atoms with Gasteiger partial charge in [0.15, 0.2) is 0 Å². The molecule has 3 aromatic carbocycles. The van der Waals surface area contributed by atoms with Crippen molar-refractivity contribution >= 4 is 29.1 Å². The van der Waals surface area contributed by atoms with Crippen molar-refractivity contribution in [2.75, 3.05) is 25.7 Å². The summed E-state index contributed by atoms with van der Waals surface area (Å²) in [6.45, 7) is 4.64. The predicted molar refractivity (Wildman–Crippen MR) is 147 cm³/mol. The molecule has 1 heterocycles. The first-order valence-electron chi connectivity index (χ1n) is 12.6. The number of aliphatic hydroxyl groups is 1. The van der Waals surface area contributed by atoms with Crippen molar-refractivity contribution in [2.24, 2.45) is 5.92 Å². The number of esters is 1. The Bertz CT molecular complexity index is 1370. The lowest BCUT2D eigenvalue weighted by atomic mass is 9.95. The number of ketones is 1. The highest BCUT2D eigenvalue weighted by Crippen LogP contribution is 2.42. The predicted octanol–water partition coefficient (Wildman–Crippen LogP) is 5.07. The van der Waals surface area contributed by atoms with Crippen LogP contribution in [0.25, 0.3) is 5.76 Å². The first-order valence-corrected chi connectivity index (χ1v) is 12.6. The van der Waals surface area contributed by atoms with Crippen LogP contribution in [-0.4, -0.2) is 43.6 Å². The van der Waals surface area contributed by atoms with E-state index in [0.717, 1.165) is 0 Å². The van der Waals surface area contributed by atoms with Gasteiger partial charge in [-0.05, 0) is 65.6 Å². The zero-order valence-corrected chi connectivity index (χ0v) is 22.3. The van der Waals surface area contributed by atoms with Crippen LogP contribution >= 0.6 is 0 Å². The number of carbonyl (C=O) groups excluding carboxylic acids is 3. The quantitative estimate of drug-likeness (QED) is 0.179. The molecule has 1 amide bonds. The molecule has 8 nitrogen and oxygen atoms in total. The van der Waals surface area contributed by atoms with Gasteiger partial charge in [0.25, 0.3) is 11.7 Å². The van der Waals surface area contributed by atoms with Crippen LogP contribution in [-0.2, 0) is 25.5 Å². The minimum atomic E-state index is -0.890. The lowest BCUT2D eigenvalue weighted by Gasteiger charge is -2.25. The van der Waals surface area contributed by atoms with Gasteiger partial charge in [0.2, 0.25) is 0 Å². The Morgan fingerprint density at radius 1 is 0.897 bits per heavy atom. The van der Waals surface area contributed by atoms with Crippen LogP contribution in [0, 0.1) is 5.92 Å². The van der Waals surface area contributed by atoms with Crippen molar-refractivity contribution in [2.45, 2.75) is 26.3 Å². The molecule has 1 N–H and O–H groups in total. The number of methoxy groups -OCH3 is 2. The summed E-state index contributed by atoms with van der Waals surface area (Å²) in [7, 11) is 2.86. The number of ether oxygens (including phenoxy) is 3. The van der Waals surface area contributed by atoms with E-state index in [4.69, 9.17) is 14.2 Å². The van der Waals surface area contributed by atoms with E-state index in [1.165, 1.54) is 12.0 Å². The highest BCUT2D eigenvalue weighted by Gasteiger charge is 2.47. The summed E-state index contributed by atoms with van der Waals surface area (Å²) in [6, 6.07) is 19.6. The van der Waals surface area contributed by atoms with Gasteiger partial charge in [-0.2, -0.15) is 0 Å². The van der Waals surface area contributed by atoms with Crippen molar-refractivity contribution in [1.29, 1.82) is 0 Å². The molecule has 1 atom stereocenters. The molecule has 0 spiro atoms. The van der Waals surface area contributed by atoms with Crippen LogP contribution in [0.4, 0.5) is 5.69 Å². The molecular formula is C31H31NO7. The van der Waals surface area contributed by atoms with Gasteiger partial charge < -0.3 is 19.3 Å². The first kappa shape index (κ1) is 27.4. The fourth-order valence-electron chi connectivity index (χ4n) is 4.34. The number of nitrogens with zero attached hydrogens (tertiary/aromatic N) is 1. The van der Waals surface area contributed by atoms with Gasteiger partial charge in [-0.25, -0.2) is 0 Å². The Hall–Kier alpha value is -4.59. The maximum Gasteiger partial charge on any atom is 0.309 e. The molecule has 39 heavy (non-hydrogen) atoms. The zero-order chi connectivity index (χ0) is 28.1. The fourth-order valence-corrected chi connectivity index (χ4v) is 4.34. The number of hydrogen-bond donors (Lipinski definition) is 1. The second-order valence-electron chi connectivity index (χ2n) is 9.59. The zero-order valence-electron chi connectivity index (χ0n) is 22.3. The number of carbonyl (C=O) groups is 3. The van der Waals surface area contributed by atoms with Gasteiger partial charge in [0.05, 0.1) is 38.9 Å². The number of hydrogen-bond acceptors (Lipinski definition) is 7. The number of anilines is 1. The van der Waals surface area contributed by atoms with E-state index in [0.29, 0.717) is 46.4 Å². The van der Waals surface area contributed by atoms with E-state index in [1.54, 1.807) is 79.9 Å². The molecule has 3 aromatic rings. The van der Waals surface area contributed by atoms with Crippen LogP contribution in [0.1, 0.15) is 36.6 Å². The maximum absolute atomic E-state index is 13.4. The van der Waals surface area contributed by atoms with Crippen molar-refractivity contribution in [3.05, 3.63) is 95.1 Å². The second-order valence-corrected chi connectivity index (χ2v) is 9.59. The largest absolute Gasteiger partial charge is 0.507 e. The molecule has 202 valence electrons. The molecule has 1 fully saturated rings. The summed E-state index contributed by atoms with van der Waals surface area (Å²) in [5.74, 6) is -0.633. The third-order valence-corrected chi connectivity index (χ3v) is 6.38. The van der Waals surface area contributed by atoms with Crippen LogP contribution in [0.5, 0.6) is 11.5 Å². The third-order valence-electron chi connectivity index (χ3n) is 6.38. The Kier molecular flexibility index (Phi) is 8.34. The Labute approximate surface area is 227 Å². The van der Waals surface area contributed by atoms with Crippen LogP contribution in [0.3, 0.4) is 0 Å². The summed E-state index contributed by atoms with van der Waals surface area (Å²) in [5, 5.41) is 11.3. The van der Waals surface area contributed by atoms with E-state index in [9.17, 15) is 19.5 Å². The monoisotopic (exact) mass is 529 g/mol. The molecule has 1 saturated heterocycles. The number of benzene rings is 3. The molecule has 0 bridgehead atoms. The normalized spacial score (nSPS) is 16.4. The van der Waals surface area contributed by atoms with Gasteiger partial charge in [0, 0.05) is 11.3 Å². The Morgan fingerprint density at radius 2 is 1.51 bits per heavy atom. The summed E-state index contributed by atoms with van der Waals surface area (Å²) in [4.78, 5) is 39.8. The molecule has 1 aliphatic heterocycles. The lowest BCUT2D eigenvalue weighted by molar-refractivity contribution is -0.139. The standard InChI is InChI=1S/C31H31NO7/c1-19(2)18-39-25-15-9-22(10-16-25)29(34)27-28(21-7-13-24(37-3)14-8-21)32(31(36)30(27)35)23-11-5-20(6-12-23)17-26(33)38-4/h5-16,19,28,34H,17-18H2,1-4H3/b29-27+. The minimum absolute atomic E-state index is 0.0281. The molecule has 0 aromatic heterocycles. The molecular weight excluding hydrogens is 498 g/mol. The topological polar surface area (TPSA) is 102 Å². The number of aliphatic hydroxyl groups excluding tert-OH is 1. The fraction of sp³-hybridized carbons (Fsp3) is 0.258. The van der Waals surface area contributed by atoms with Crippen LogP contribution in [0.2, 0.25) is 0 Å². The molecule has 0 radical (unpaired) electrons. The smallest absolute Gasteiger partial charge is 0.309 e. The van der Waals surface area contributed by atoms with E-state index in [1.807, 2.05) is 13.8 Å². The summed E-state index contributed by atoms with van der Waals surface area (Å²) < 4.78 is 15.7. The van der Waals surface area contributed by atoms with Gasteiger partial charge >= 0.3 is 5.97 Å². The van der Waals surface area contributed by atoms with Gasteiger partial charge in [-0.3, -0.25) is 19.3 Å².